The van der Waals surface area contributed by atoms with E-state index in [1.807, 2.05) is 0 Å². The van der Waals surface area contributed by atoms with Gasteiger partial charge in [0.25, 0.3) is 0 Å². The molecule has 3 nitrogen and oxygen atoms in total. The van der Waals surface area contributed by atoms with Crippen LogP contribution in [0.3, 0.4) is 0 Å². The van der Waals surface area contributed by atoms with E-state index in [4.69, 9.17) is 5.73 Å². The Balaban J connectivity index is 1.85. The Bertz CT molecular complexity index is 408. The van der Waals surface area contributed by atoms with E-state index < -0.39 is 0 Å². The van der Waals surface area contributed by atoms with Gasteiger partial charge < -0.3 is 15.5 Å². The molecule has 0 saturated carbocycles. The molecule has 2 N–H and O–H groups in total. The highest BCUT2D eigenvalue weighted by atomic mass is 15.2. The average Bonchev–Trinajstić information content (AvgIpc) is 2.37. The molecule has 3 heteroatoms. The number of rotatable bonds is 4. The molecule has 0 amide bonds. The molecule has 1 aliphatic heterocycles. The number of aryl methyl sites for hydroxylation is 2. The Labute approximate surface area is 117 Å². The molecule has 0 aromatic heterocycles. The lowest BCUT2D eigenvalue weighted by Crippen LogP contribution is -2.45. The van der Waals surface area contributed by atoms with Gasteiger partial charge in [0.2, 0.25) is 0 Å². The van der Waals surface area contributed by atoms with Crippen LogP contribution in [-0.2, 0) is 0 Å². The van der Waals surface area contributed by atoms with Crippen LogP contribution in [0.4, 0.5) is 0 Å². The normalized spacial score (nSPS) is 19.6. The molecule has 2 rings (SSSR count). The summed E-state index contributed by atoms with van der Waals surface area (Å²) in [6.45, 7) is 10.1. The van der Waals surface area contributed by atoms with Crippen molar-refractivity contribution in [1.29, 1.82) is 0 Å². The summed E-state index contributed by atoms with van der Waals surface area (Å²) in [5.41, 5.74) is 10.3. The van der Waals surface area contributed by atoms with Crippen LogP contribution < -0.4 is 5.73 Å². The summed E-state index contributed by atoms with van der Waals surface area (Å²) in [5, 5.41) is 0. The molecule has 106 valence electrons. The molecule has 1 fully saturated rings. The number of likely N-dealkylation sites (N-methyl/N-ethyl adjacent to an activating group) is 1. The second kappa shape index (κ2) is 6.51. The smallest absolute Gasteiger partial charge is 0.0309 e. The summed E-state index contributed by atoms with van der Waals surface area (Å²) < 4.78 is 0. The molecule has 1 saturated heterocycles. The fourth-order valence-corrected chi connectivity index (χ4v) is 2.79. The number of nitrogens with two attached hydrogens (primary N) is 1. The highest BCUT2D eigenvalue weighted by Crippen LogP contribution is 2.20. The van der Waals surface area contributed by atoms with Crippen molar-refractivity contribution in [2.75, 3.05) is 39.8 Å². The number of benzene rings is 1. The molecule has 19 heavy (non-hydrogen) atoms. The van der Waals surface area contributed by atoms with Gasteiger partial charge >= 0.3 is 0 Å². The van der Waals surface area contributed by atoms with E-state index in [1.165, 1.54) is 42.9 Å². The van der Waals surface area contributed by atoms with Crippen molar-refractivity contribution >= 4 is 0 Å². The molecule has 1 aromatic carbocycles. The zero-order valence-corrected chi connectivity index (χ0v) is 12.5. The van der Waals surface area contributed by atoms with Gasteiger partial charge in [-0.05, 0) is 38.4 Å². The highest BCUT2D eigenvalue weighted by Gasteiger charge is 2.15. The summed E-state index contributed by atoms with van der Waals surface area (Å²) >= 11 is 0. The second-order valence-corrected chi connectivity index (χ2v) is 5.90. The monoisotopic (exact) mass is 261 g/mol. The van der Waals surface area contributed by atoms with Crippen molar-refractivity contribution in [2.45, 2.75) is 26.3 Å². The summed E-state index contributed by atoms with van der Waals surface area (Å²) in [4.78, 5) is 4.92. The van der Waals surface area contributed by atoms with Crippen molar-refractivity contribution in [3.05, 3.63) is 34.9 Å². The Kier molecular flexibility index (Phi) is 4.97. The zero-order chi connectivity index (χ0) is 13.8. The summed E-state index contributed by atoms with van der Waals surface area (Å²) in [6.07, 6.45) is 1.05. The maximum absolute atomic E-state index is 6.35. The zero-order valence-electron chi connectivity index (χ0n) is 12.5. The first-order valence-electron chi connectivity index (χ1n) is 7.30. The van der Waals surface area contributed by atoms with Gasteiger partial charge in [0.1, 0.15) is 0 Å². The molecular weight excluding hydrogens is 234 g/mol. The standard InChI is InChI=1S/C16H27N3/c1-13-4-5-15(14(2)12-13)16(17)6-7-19-10-8-18(3)9-11-19/h4-5,12,16H,6-11,17H2,1-3H3. The van der Waals surface area contributed by atoms with E-state index in [-0.39, 0.29) is 6.04 Å². The highest BCUT2D eigenvalue weighted by molar-refractivity contribution is 5.32. The molecule has 1 aliphatic rings. The van der Waals surface area contributed by atoms with Crippen LogP contribution in [0.25, 0.3) is 0 Å². The Morgan fingerprint density at radius 1 is 1.16 bits per heavy atom. The van der Waals surface area contributed by atoms with Crippen LogP contribution in [0.2, 0.25) is 0 Å². The van der Waals surface area contributed by atoms with E-state index in [9.17, 15) is 0 Å². The lowest BCUT2D eigenvalue weighted by Gasteiger charge is -2.33. The van der Waals surface area contributed by atoms with E-state index >= 15 is 0 Å². The summed E-state index contributed by atoms with van der Waals surface area (Å²) in [5.74, 6) is 0. The average molecular weight is 261 g/mol. The van der Waals surface area contributed by atoms with Gasteiger partial charge in [-0.25, -0.2) is 0 Å². The van der Waals surface area contributed by atoms with Crippen molar-refractivity contribution in [1.82, 2.24) is 9.80 Å². The van der Waals surface area contributed by atoms with E-state index in [0.717, 1.165) is 13.0 Å². The molecule has 0 radical (unpaired) electrons. The molecule has 0 bridgehead atoms. The fourth-order valence-electron chi connectivity index (χ4n) is 2.79. The van der Waals surface area contributed by atoms with Gasteiger partial charge in [-0.3, -0.25) is 0 Å². The third-order valence-corrected chi connectivity index (χ3v) is 4.18. The van der Waals surface area contributed by atoms with Gasteiger partial charge in [0, 0.05) is 38.8 Å². The minimum absolute atomic E-state index is 0.167. The maximum atomic E-state index is 6.35. The third-order valence-electron chi connectivity index (χ3n) is 4.18. The molecule has 0 aliphatic carbocycles. The van der Waals surface area contributed by atoms with E-state index in [1.54, 1.807) is 0 Å². The maximum Gasteiger partial charge on any atom is 0.0309 e. The van der Waals surface area contributed by atoms with Gasteiger partial charge in [-0.1, -0.05) is 23.8 Å². The predicted octanol–water partition coefficient (Wildman–Crippen LogP) is 1.94. The van der Waals surface area contributed by atoms with Gasteiger partial charge in [0.05, 0.1) is 0 Å². The minimum atomic E-state index is 0.167. The lowest BCUT2D eigenvalue weighted by molar-refractivity contribution is 0.150. The predicted molar refractivity (Wildman–Crippen MR) is 81.4 cm³/mol. The number of piperazine rings is 1. The molecule has 0 spiro atoms. The van der Waals surface area contributed by atoms with Crippen LogP contribution in [0.5, 0.6) is 0 Å². The molecule has 1 unspecified atom stereocenters. The molecule has 1 atom stereocenters. The van der Waals surface area contributed by atoms with E-state index in [0.29, 0.717) is 0 Å². The topological polar surface area (TPSA) is 32.5 Å². The van der Waals surface area contributed by atoms with Gasteiger partial charge in [-0.2, -0.15) is 0 Å². The Morgan fingerprint density at radius 3 is 2.47 bits per heavy atom. The SMILES string of the molecule is Cc1ccc(C(N)CCN2CCN(C)CC2)c(C)c1. The van der Waals surface area contributed by atoms with Crippen molar-refractivity contribution in [3.8, 4) is 0 Å². The van der Waals surface area contributed by atoms with Crippen molar-refractivity contribution in [3.63, 3.8) is 0 Å². The Hall–Kier alpha value is -0.900. The molecule has 1 aromatic rings. The number of hydrogen-bond donors (Lipinski definition) is 1. The van der Waals surface area contributed by atoms with Gasteiger partial charge in [0.15, 0.2) is 0 Å². The largest absolute Gasteiger partial charge is 0.324 e. The van der Waals surface area contributed by atoms with Crippen LogP contribution in [0.1, 0.15) is 29.2 Å². The first kappa shape index (κ1) is 14.5. The van der Waals surface area contributed by atoms with Crippen molar-refractivity contribution in [2.24, 2.45) is 5.73 Å². The second-order valence-electron chi connectivity index (χ2n) is 5.90. The van der Waals surface area contributed by atoms with Crippen LogP contribution in [-0.4, -0.2) is 49.6 Å². The van der Waals surface area contributed by atoms with Gasteiger partial charge in [-0.15, -0.1) is 0 Å². The molecular formula is C16H27N3. The quantitative estimate of drug-likeness (QED) is 0.899. The summed E-state index contributed by atoms with van der Waals surface area (Å²) in [7, 11) is 2.19. The van der Waals surface area contributed by atoms with Crippen molar-refractivity contribution < 1.29 is 0 Å². The van der Waals surface area contributed by atoms with E-state index in [2.05, 4.69) is 48.9 Å². The molecule has 1 heterocycles. The first-order valence-corrected chi connectivity index (χ1v) is 7.30. The summed E-state index contributed by atoms with van der Waals surface area (Å²) in [6, 6.07) is 6.75. The van der Waals surface area contributed by atoms with Crippen LogP contribution >= 0.6 is 0 Å². The number of hydrogen-bond acceptors (Lipinski definition) is 3. The Morgan fingerprint density at radius 2 is 1.84 bits per heavy atom. The lowest BCUT2D eigenvalue weighted by atomic mass is 9.97. The first-order chi connectivity index (χ1) is 9.06. The van der Waals surface area contributed by atoms with Crippen LogP contribution in [0.15, 0.2) is 18.2 Å². The fraction of sp³-hybridized carbons (Fsp3) is 0.625. The third kappa shape index (κ3) is 4.03. The number of nitrogens with zero attached hydrogens (tertiary/aromatic N) is 2. The minimum Gasteiger partial charge on any atom is -0.324 e. The van der Waals surface area contributed by atoms with Crippen LogP contribution in [0, 0.1) is 13.8 Å².